The lowest BCUT2D eigenvalue weighted by Crippen LogP contribution is -2.44. The molecule has 1 unspecified atom stereocenters. The molecule has 26 heavy (non-hydrogen) atoms. The maximum atomic E-state index is 12.6. The van der Waals surface area contributed by atoms with Crippen LogP contribution in [0.4, 0.5) is 13.2 Å². The summed E-state index contributed by atoms with van der Waals surface area (Å²) in [5.41, 5.74) is 0.291. The maximum Gasteiger partial charge on any atom is 0.573 e. The number of nitrogens with zero attached hydrogens (tertiary/aromatic N) is 3. The number of benzene rings is 1. The van der Waals surface area contributed by atoms with E-state index in [0.29, 0.717) is 24.5 Å². The third-order valence-electron chi connectivity index (χ3n) is 3.84. The van der Waals surface area contributed by atoms with E-state index in [1.807, 2.05) is 0 Å². The molecule has 1 aliphatic heterocycles. The molecular weight excluding hydrogens is 351 g/mol. The Hall–Kier alpha value is -2.84. The van der Waals surface area contributed by atoms with Gasteiger partial charge in [0, 0.05) is 24.4 Å². The van der Waals surface area contributed by atoms with Crippen LogP contribution in [0.2, 0.25) is 0 Å². The molecule has 1 aliphatic rings. The molecule has 1 fully saturated rings. The zero-order chi connectivity index (χ0) is 18.6. The molecule has 0 bridgehead atoms. The molecule has 0 radical (unpaired) electrons. The van der Waals surface area contributed by atoms with E-state index >= 15 is 0 Å². The summed E-state index contributed by atoms with van der Waals surface area (Å²) < 4.78 is 46.1. The van der Waals surface area contributed by atoms with Gasteiger partial charge in [-0.3, -0.25) is 4.79 Å². The van der Waals surface area contributed by atoms with Gasteiger partial charge in [-0.2, -0.15) is 5.10 Å². The number of amides is 1. The first-order valence-corrected chi connectivity index (χ1v) is 8.00. The molecule has 1 aromatic heterocycles. The van der Waals surface area contributed by atoms with Gasteiger partial charge in [0.25, 0.3) is 5.91 Å². The van der Waals surface area contributed by atoms with Gasteiger partial charge in [-0.25, -0.2) is 0 Å². The van der Waals surface area contributed by atoms with E-state index < -0.39 is 6.36 Å². The van der Waals surface area contributed by atoms with Gasteiger partial charge < -0.3 is 14.4 Å². The van der Waals surface area contributed by atoms with E-state index in [1.54, 1.807) is 17.0 Å². The molecular formula is C17H16F3N3O3. The second-order valence-electron chi connectivity index (χ2n) is 5.77. The van der Waals surface area contributed by atoms with Gasteiger partial charge in [0.1, 0.15) is 11.9 Å². The molecule has 0 saturated carbocycles. The van der Waals surface area contributed by atoms with Gasteiger partial charge in [0.05, 0.1) is 6.54 Å². The Morgan fingerprint density at radius 2 is 1.96 bits per heavy atom. The van der Waals surface area contributed by atoms with E-state index in [9.17, 15) is 18.0 Å². The zero-order valence-electron chi connectivity index (χ0n) is 13.6. The first-order valence-electron chi connectivity index (χ1n) is 8.00. The smallest absolute Gasteiger partial charge is 0.471 e. The molecule has 2 aromatic rings. The fourth-order valence-corrected chi connectivity index (χ4v) is 2.72. The fourth-order valence-electron chi connectivity index (χ4n) is 2.72. The van der Waals surface area contributed by atoms with Crippen molar-refractivity contribution in [2.24, 2.45) is 0 Å². The van der Waals surface area contributed by atoms with E-state index in [0.717, 1.165) is 25.0 Å². The third kappa shape index (κ3) is 4.84. The molecule has 0 spiro atoms. The molecule has 6 nitrogen and oxygen atoms in total. The van der Waals surface area contributed by atoms with Gasteiger partial charge in [0.2, 0.25) is 5.88 Å². The van der Waals surface area contributed by atoms with Crippen LogP contribution in [0.5, 0.6) is 11.6 Å². The summed E-state index contributed by atoms with van der Waals surface area (Å²) in [5, 5.41) is 7.60. The van der Waals surface area contributed by atoms with Crippen molar-refractivity contribution in [3.8, 4) is 11.6 Å². The first kappa shape index (κ1) is 18.0. The Balaban J connectivity index is 1.62. The topological polar surface area (TPSA) is 64.5 Å². The average molecular weight is 367 g/mol. The lowest BCUT2D eigenvalue weighted by Gasteiger charge is -2.32. The van der Waals surface area contributed by atoms with Crippen molar-refractivity contribution in [3.63, 3.8) is 0 Å². The molecule has 9 heteroatoms. The van der Waals surface area contributed by atoms with Crippen LogP contribution < -0.4 is 9.47 Å². The Labute approximate surface area is 147 Å². The molecule has 3 rings (SSSR count). The minimum Gasteiger partial charge on any atom is -0.471 e. The summed E-state index contributed by atoms with van der Waals surface area (Å²) in [6.45, 7) is 0.927. The van der Waals surface area contributed by atoms with Gasteiger partial charge in [-0.15, -0.1) is 18.3 Å². The van der Waals surface area contributed by atoms with Crippen molar-refractivity contribution in [3.05, 3.63) is 48.2 Å². The van der Waals surface area contributed by atoms with Crippen molar-refractivity contribution < 1.29 is 27.4 Å². The molecule has 2 heterocycles. The molecule has 1 atom stereocenters. The predicted molar refractivity (Wildman–Crippen MR) is 84.7 cm³/mol. The quantitative estimate of drug-likeness (QED) is 0.831. The second-order valence-corrected chi connectivity index (χ2v) is 5.77. The number of alkyl halides is 3. The number of carbonyl (C=O) groups is 1. The summed E-state index contributed by atoms with van der Waals surface area (Å²) >= 11 is 0. The van der Waals surface area contributed by atoms with Crippen LogP contribution in [0, 0.1) is 0 Å². The van der Waals surface area contributed by atoms with Gasteiger partial charge >= 0.3 is 6.36 Å². The van der Waals surface area contributed by atoms with Crippen molar-refractivity contribution in [1.82, 2.24) is 15.1 Å². The molecule has 0 N–H and O–H groups in total. The monoisotopic (exact) mass is 367 g/mol. The Bertz CT molecular complexity index is 738. The second kappa shape index (κ2) is 7.59. The van der Waals surface area contributed by atoms with Gasteiger partial charge in [-0.05, 0) is 43.2 Å². The summed E-state index contributed by atoms with van der Waals surface area (Å²) in [6.07, 6.45) is -1.90. The highest BCUT2D eigenvalue weighted by atomic mass is 19.4. The van der Waals surface area contributed by atoms with E-state index in [2.05, 4.69) is 14.9 Å². The summed E-state index contributed by atoms with van der Waals surface area (Å²) in [5.74, 6) is -0.243. The molecule has 0 aliphatic carbocycles. The summed E-state index contributed by atoms with van der Waals surface area (Å²) in [7, 11) is 0. The standard InChI is InChI=1S/C17H16F3N3O3/c18-17(19,20)26-13-7-5-12(6-8-13)16(24)23-10-2-3-14(11-23)25-15-4-1-9-21-22-15/h1,4-9,14H,2-3,10-11H2. The fraction of sp³-hybridized carbons (Fsp3) is 0.353. The van der Waals surface area contributed by atoms with Gasteiger partial charge in [-0.1, -0.05) is 0 Å². The lowest BCUT2D eigenvalue weighted by atomic mass is 10.1. The number of hydrogen-bond acceptors (Lipinski definition) is 5. The minimum absolute atomic E-state index is 0.211. The SMILES string of the molecule is O=C(c1ccc(OC(F)(F)F)cc1)N1CCCC(Oc2cccnn2)C1. The van der Waals surface area contributed by atoms with Crippen molar-refractivity contribution in [2.75, 3.05) is 13.1 Å². The Morgan fingerprint density at radius 3 is 2.62 bits per heavy atom. The third-order valence-corrected chi connectivity index (χ3v) is 3.84. The van der Waals surface area contributed by atoms with Crippen molar-refractivity contribution in [1.29, 1.82) is 0 Å². The number of ether oxygens (including phenoxy) is 2. The predicted octanol–water partition coefficient (Wildman–Crippen LogP) is 3.06. The normalized spacial score (nSPS) is 17.7. The molecule has 1 saturated heterocycles. The number of aromatic nitrogens is 2. The van der Waals surface area contributed by atoms with E-state index in [1.165, 1.54) is 18.3 Å². The molecule has 1 aromatic carbocycles. The number of likely N-dealkylation sites (tertiary alicyclic amines) is 1. The Kier molecular flexibility index (Phi) is 5.24. The van der Waals surface area contributed by atoms with Crippen LogP contribution in [-0.4, -0.2) is 46.6 Å². The maximum absolute atomic E-state index is 12.6. The number of piperidine rings is 1. The average Bonchev–Trinajstić information content (AvgIpc) is 2.61. The number of halogens is 3. The van der Waals surface area contributed by atoms with Crippen molar-refractivity contribution >= 4 is 5.91 Å². The zero-order valence-corrected chi connectivity index (χ0v) is 13.6. The largest absolute Gasteiger partial charge is 0.573 e. The van der Waals surface area contributed by atoms with E-state index in [4.69, 9.17) is 4.74 Å². The minimum atomic E-state index is -4.76. The van der Waals surface area contributed by atoms with Crippen LogP contribution in [0.3, 0.4) is 0 Å². The highest BCUT2D eigenvalue weighted by Crippen LogP contribution is 2.24. The lowest BCUT2D eigenvalue weighted by molar-refractivity contribution is -0.274. The number of hydrogen-bond donors (Lipinski definition) is 0. The van der Waals surface area contributed by atoms with E-state index in [-0.39, 0.29) is 17.8 Å². The van der Waals surface area contributed by atoms with Crippen LogP contribution >= 0.6 is 0 Å². The number of rotatable bonds is 4. The Morgan fingerprint density at radius 1 is 1.19 bits per heavy atom. The summed E-state index contributed by atoms with van der Waals surface area (Å²) in [6, 6.07) is 8.27. The molecule has 1 amide bonds. The van der Waals surface area contributed by atoms with Crippen LogP contribution in [0.1, 0.15) is 23.2 Å². The number of carbonyl (C=O) groups excluding carboxylic acids is 1. The van der Waals surface area contributed by atoms with Crippen LogP contribution in [0.25, 0.3) is 0 Å². The van der Waals surface area contributed by atoms with Crippen LogP contribution in [-0.2, 0) is 0 Å². The molecule has 138 valence electrons. The van der Waals surface area contributed by atoms with Gasteiger partial charge in [0.15, 0.2) is 0 Å². The van der Waals surface area contributed by atoms with Crippen LogP contribution in [0.15, 0.2) is 42.6 Å². The summed E-state index contributed by atoms with van der Waals surface area (Å²) in [4.78, 5) is 14.2. The van der Waals surface area contributed by atoms with Crippen molar-refractivity contribution in [2.45, 2.75) is 25.3 Å². The highest BCUT2D eigenvalue weighted by Gasteiger charge is 2.31. The first-order chi connectivity index (χ1) is 12.4. The highest BCUT2D eigenvalue weighted by molar-refractivity contribution is 5.94.